The molecule has 60 heavy (non-hydrogen) atoms. The molecular weight excluding hydrogens is 934 g/mol. The number of phenolic OH excluding ortho intramolecular Hbond substituents is 1. The molecule has 0 aliphatic rings. The number of nitrogens with zero attached hydrogens (tertiary/aromatic N) is 3. The Labute approximate surface area is 369 Å². The number of para-hydroxylation sites is 1. The summed E-state index contributed by atoms with van der Waals surface area (Å²) in [6.45, 7) is 13.3. The van der Waals surface area contributed by atoms with Gasteiger partial charge in [0.05, 0.1) is 28.0 Å². The Kier molecular flexibility index (Phi) is 9.89. The second-order valence-corrected chi connectivity index (χ2v) is 18.6. The second kappa shape index (κ2) is 15.0. The summed E-state index contributed by atoms with van der Waals surface area (Å²) in [4.78, 5) is 11.1. The van der Waals surface area contributed by atoms with E-state index in [2.05, 4.69) is 180 Å². The topological polar surface area (TPSA) is 50.9 Å². The summed E-state index contributed by atoms with van der Waals surface area (Å²) >= 11 is 1.80. The van der Waals surface area contributed by atoms with E-state index in [1.165, 1.54) is 26.4 Å². The summed E-state index contributed by atoms with van der Waals surface area (Å²) < 4.78 is 4.63. The molecule has 3 aromatic heterocycles. The fourth-order valence-electron chi connectivity index (χ4n) is 8.32. The van der Waals surface area contributed by atoms with Gasteiger partial charge in [0.15, 0.2) is 0 Å². The molecule has 6 heteroatoms. The van der Waals surface area contributed by atoms with Crippen molar-refractivity contribution in [3.63, 3.8) is 0 Å². The smallest absolute Gasteiger partial charge is 0.149 e. The molecule has 0 atom stereocenters. The van der Waals surface area contributed by atoms with E-state index in [1.54, 1.807) is 11.3 Å². The Balaban J connectivity index is 0.00000462. The predicted octanol–water partition coefficient (Wildman–Crippen LogP) is 14.7. The SMILES string of the molecule is CC(C)(C)c1ccc(O)c(-c2nc3c(-c4cc5c(sc6c7ccccc7ccc56)c(-c5[c-]cccc5)n4)cccc3n2-c2ccc(C(C)(C)C)cc2-c2ccccc2)c1.[Pt]. The van der Waals surface area contributed by atoms with E-state index in [4.69, 9.17) is 9.97 Å². The molecule has 0 aliphatic carbocycles. The van der Waals surface area contributed by atoms with Crippen LogP contribution in [0.15, 0.2) is 152 Å². The average molecular weight is 978 g/mol. The predicted molar refractivity (Wildman–Crippen MR) is 249 cm³/mol. The van der Waals surface area contributed by atoms with Gasteiger partial charge in [-0.3, -0.25) is 9.55 Å². The first-order chi connectivity index (χ1) is 28.4. The van der Waals surface area contributed by atoms with Crippen LogP contribution in [0.25, 0.3) is 92.7 Å². The minimum atomic E-state index is -0.146. The molecule has 0 saturated carbocycles. The van der Waals surface area contributed by atoms with E-state index in [-0.39, 0.29) is 37.6 Å². The molecule has 0 unspecified atom stereocenters. The van der Waals surface area contributed by atoms with Crippen LogP contribution in [0.4, 0.5) is 0 Å². The largest absolute Gasteiger partial charge is 0.507 e. The first-order valence-corrected chi connectivity index (χ1v) is 21.0. The summed E-state index contributed by atoms with van der Waals surface area (Å²) in [7, 11) is 0. The normalized spacial score (nSPS) is 12.1. The van der Waals surface area contributed by atoms with Gasteiger partial charge >= 0.3 is 0 Å². The molecule has 0 saturated heterocycles. The fourth-order valence-corrected chi connectivity index (χ4v) is 9.64. The van der Waals surface area contributed by atoms with Gasteiger partial charge < -0.3 is 5.11 Å². The third kappa shape index (κ3) is 6.75. The summed E-state index contributed by atoms with van der Waals surface area (Å²) in [5, 5.41) is 16.6. The van der Waals surface area contributed by atoms with Crippen LogP contribution in [-0.2, 0) is 31.9 Å². The van der Waals surface area contributed by atoms with Gasteiger partial charge in [-0.2, -0.15) is 0 Å². The average Bonchev–Trinajstić information content (AvgIpc) is 3.82. The summed E-state index contributed by atoms with van der Waals surface area (Å²) in [6.07, 6.45) is 0. The number of aromatic nitrogens is 3. The monoisotopic (exact) mass is 977 g/mol. The van der Waals surface area contributed by atoms with Crippen molar-refractivity contribution >= 4 is 53.3 Å². The Hall–Kier alpha value is -5.87. The zero-order valence-corrected chi connectivity index (χ0v) is 37.5. The number of hydrogen-bond acceptors (Lipinski definition) is 4. The fraction of sp³-hybridized carbons (Fsp3) is 0.148. The molecule has 298 valence electrons. The summed E-state index contributed by atoms with van der Waals surface area (Å²) in [5.41, 5.74) is 11.3. The number of fused-ring (bicyclic) bond motifs is 6. The van der Waals surface area contributed by atoms with Gasteiger partial charge in [-0.25, -0.2) is 4.98 Å². The number of phenols is 1. The molecule has 0 spiro atoms. The maximum absolute atomic E-state index is 11.7. The van der Waals surface area contributed by atoms with E-state index in [0.29, 0.717) is 11.4 Å². The second-order valence-electron chi connectivity index (χ2n) is 17.5. The van der Waals surface area contributed by atoms with Gasteiger partial charge in [0, 0.05) is 52.7 Å². The van der Waals surface area contributed by atoms with Crippen LogP contribution >= 0.6 is 11.3 Å². The van der Waals surface area contributed by atoms with Crippen LogP contribution in [0.2, 0.25) is 0 Å². The van der Waals surface area contributed by atoms with Crippen molar-refractivity contribution in [3.8, 4) is 56.5 Å². The van der Waals surface area contributed by atoms with Crippen molar-refractivity contribution in [2.24, 2.45) is 0 Å². The first kappa shape index (κ1) is 39.6. The van der Waals surface area contributed by atoms with Gasteiger partial charge in [0.25, 0.3) is 0 Å². The Bertz CT molecular complexity index is 3240. The number of hydrogen-bond donors (Lipinski definition) is 1. The third-order valence-corrected chi connectivity index (χ3v) is 12.8. The summed E-state index contributed by atoms with van der Waals surface area (Å²) in [6, 6.07) is 56.6. The first-order valence-electron chi connectivity index (χ1n) is 20.2. The van der Waals surface area contributed by atoms with Crippen molar-refractivity contribution in [1.29, 1.82) is 0 Å². The number of thiophene rings is 1. The Morgan fingerprint density at radius 2 is 1.30 bits per heavy atom. The van der Waals surface area contributed by atoms with Crippen molar-refractivity contribution in [2.75, 3.05) is 0 Å². The molecule has 0 aliphatic heterocycles. The Morgan fingerprint density at radius 3 is 2.05 bits per heavy atom. The molecule has 3 heterocycles. The zero-order chi connectivity index (χ0) is 40.6. The maximum atomic E-state index is 11.7. The van der Waals surface area contributed by atoms with Crippen LogP contribution in [0.1, 0.15) is 52.7 Å². The maximum Gasteiger partial charge on any atom is 0.149 e. The van der Waals surface area contributed by atoms with E-state index in [1.807, 2.05) is 24.3 Å². The minimum absolute atomic E-state index is 0. The van der Waals surface area contributed by atoms with E-state index in [9.17, 15) is 5.11 Å². The van der Waals surface area contributed by atoms with Gasteiger partial charge in [0.1, 0.15) is 11.6 Å². The van der Waals surface area contributed by atoms with Crippen LogP contribution in [0.5, 0.6) is 5.75 Å². The van der Waals surface area contributed by atoms with Crippen molar-refractivity contribution in [2.45, 2.75) is 52.4 Å². The molecule has 0 radical (unpaired) electrons. The third-order valence-electron chi connectivity index (χ3n) is 11.6. The molecule has 10 aromatic rings. The standard InChI is InChI=1S/C54H44N3OS.Pt/c1-53(2,3)36-25-28-45(41(30-36)33-16-9-7-10-17-33)57-46-23-15-22-40(49(46)56-52(57)43-31-37(54(4,5)6)26-29-47(43)58)44-32-42-39-27-24-34-18-13-14-21-38(34)50(39)59-51(42)48(55-44)35-19-11-8-12-20-35;/h7-19,21-32,58H,1-6H3;/q-1;. The van der Waals surface area contributed by atoms with E-state index < -0.39 is 0 Å². The van der Waals surface area contributed by atoms with Gasteiger partial charge in [-0.15, -0.1) is 47.2 Å². The number of pyridine rings is 1. The molecule has 1 N–H and O–H groups in total. The van der Waals surface area contributed by atoms with Crippen molar-refractivity contribution in [3.05, 3.63) is 169 Å². The van der Waals surface area contributed by atoms with Crippen LogP contribution in [-0.4, -0.2) is 19.6 Å². The van der Waals surface area contributed by atoms with Crippen LogP contribution < -0.4 is 0 Å². The van der Waals surface area contributed by atoms with Crippen molar-refractivity contribution < 1.29 is 26.2 Å². The summed E-state index contributed by atoms with van der Waals surface area (Å²) in [5.74, 6) is 0.851. The van der Waals surface area contributed by atoms with Crippen LogP contribution in [0, 0.1) is 6.07 Å². The quantitative estimate of drug-likeness (QED) is 0.175. The molecule has 4 nitrogen and oxygen atoms in total. The van der Waals surface area contributed by atoms with Gasteiger partial charge in [-0.1, -0.05) is 133 Å². The van der Waals surface area contributed by atoms with Crippen LogP contribution in [0.3, 0.4) is 0 Å². The van der Waals surface area contributed by atoms with Gasteiger partial charge in [-0.05, 0) is 80.1 Å². The molecule has 7 aromatic carbocycles. The zero-order valence-electron chi connectivity index (χ0n) is 34.4. The number of imidazole rings is 1. The molecule has 10 rings (SSSR count). The number of benzene rings is 7. The molecule has 0 bridgehead atoms. The molecular formula is C54H44N3OPtS-. The van der Waals surface area contributed by atoms with Gasteiger partial charge in [0.2, 0.25) is 0 Å². The molecule has 0 amide bonds. The van der Waals surface area contributed by atoms with E-state index in [0.717, 1.165) is 66.0 Å². The minimum Gasteiger partial charge on any atom is -0.507 e. The number of aromatic hydroxyl groups is 1. The van der Waals surface area contributed by atoms with Crippen molar-refractivity contribution in [1.82, 2.24) is 14.5 Å². The molecule has 0 fully saturated rings. The number of rotatable bonds is 5. The van der Waals surface area contributed by atoms with E-state index >= 15 is 0 Å². The Morgan fingerprint density at radius 1 is 0.583 bits per heavy atom.